The van der Waals surface area contributed by atoms with E-state index in [1.54, 1.807) is 36.4 Å². The van der Waals surface area contributed by atoms with Crippen molar-refractivity contribution in [2.45, 2.75) is 13.8 Å². The monoisotopic (exact) mass is 539 g/mol. The van der Waals surface area contributed by atoms with E-state index in [0.29, 0.717) is 45.1 Å². The van der Waals surface area contributed by atoms with Crippen molar-refractivity contribution in [3.05, 3.63) is 81.8 Å². The van der Waals surface area contributed by atoms with Gasteiger partial charge in [-0.15, -0.1) is 0 Å². The molecule has 0 saturated carbocycles. The van der Waals surface area contributed by atoms with Gasteiger partial charge < -0.3 is 19.5 Å². The van der Waals surface area contributed by atoms with Gasteiger partial charge in [0.15, 0.2) is 18.1 Å². The highest BCUT2D eigenvalue weighted by Gasteiger charge is 2.14. The second kappa shape index (κ2) is 12.6. The van der Waals surface area contributed by atoms with Gasteiger partial charge in [0.05, 0.1) is 24.4 Å². The van der Waals surface area contributed by atoms with Crippen LogP contribution < -0.4 is 25.0 Å². The Labute approximate surface area is 212 Å². The minimum absolute atomic E-state index is 0.198. The number of aryl methyl sites for hydroxylation is 1. The molecule has 3 rings (SSSR count). The van der Waals surface area contributed by atoms with Gasteiger partial charge in [0.1, 0.15) is 5.75 Å². The van der Waals surface area contributed by atoms with Gasteiger partial charge in [-0.1, -0.05) is 18.2 Å². The molecule has 3 aromatic carbocycles. The number of hydrogen-bond donors (Lipinski definition) is 2. The minimum Gasteiger partial charge on any atom is -0.497 e. The van der Waals surface area contributed by atoms with Crippen molar-refractivity contribution in [3.8, 4) is 17.2 Å². The molecule has 0 aromatic heterocycles. The molecule has 9 heteroatoms. The molecule has 0 aliphatic rings. The van der Waals surface area contributed by atoms with Crippen LogP contribution in [0.3, 0.4) is 0 Å². The van der Waals surface area contributed by atoms with Gasteiger partial charge in [-0.3, -0.25) is 9.59 Å². The molecule has 0 spiro atoms. The first-order valence-corrected chi connectivity index (χ1v) is 11.6. The van der Waals surface area contributed by atoms with Crippen LogP contribution in [0.15, 0.2) is 70.2 Å². The number of carbonyl (C=O) groups is 2. The van der Waals surface area contributed by atoms with Gasteiger partial charge in [-0.2, -0.15) is 5.10 Å². The first-order chi connectivity index (χ1) is 16.9. The summed E-state index contributed by atoms with van der Waals surface area (Å²) in [7, 11) is 1.53. The maximum Gasteiger partial charge on any atom is 0.271 e. The maximum absolute atomic E-state index is 12.3. The minimum atomic E-state index is -0.371. The molecule has 182 valence electrons. The lowest BCUT2D eigenvalue weighted by Crippen LogP contribution is -2.20. The summed E-state index contributed by atoms with van der Waals surface area (Å²) in [5, 5.41) is 6.83. The molecule has 0 unspecified atom stereocenters. The van der Waals surface area contributed by atoms with Crippen LogP contribution in [0, 0.1) is 6.92 Å². The third-order valence-electron chi connectivity index (χ3n) is 4.69. The zero-order chi connectivity index (χ0) is 25.2. The molecule has 0 atom stereocenters. The number of methoxy groups -OCH3 is 1. The lowest BCUT2D eigenvalue weighted by Gasteiger charge is -2.14. The quantitative estimate of drug-likeness (QED) is 0.280. The molecule has 0 radical (unpaired) electrons. The van der Waals surface area contributed by atoms with Crippen molar-refractivity contribution in [2.75, 3.05) is 25.6 Å². The maximum atomic E-state index is 12.3. The molecule has 3 aromatic rings. The fraction of sp³-hybridized carbons (Fsp3) is 0.192. The number of nitrogens with zero attached hydrogens (tertiary/aromatic N) is 1. The van der Waals surface area contributed by atoms with E-state index in [4.69, 9.17) is 14.2 Å². The van der Waals surface area contributed by atoms with Crippen LogP contribution >= 0.6 is 15.9 Å². The molecule has 0 fully saturated rings. The molecule has 35 heavy (non-hydrogen) atoms. The van der Waals surface area contributed by atoms with E-state index in [0.717, 1.165) is 5.56 Å². The van der Waals surface area contributed by atoms with Crippen LogP contribution in [0.25, 0.3) is 0 Å². The summed E-state index contributed by atoms with van der Waals surface area (Å²) in [6.45, 7) is 3.99. The van der Waals surface area contributed by atoms with Crippen molar-refractivity contribution < 1.29 is 23.8 Å². The zero-order valence-electron chi connectivity index (χ0n) is 19.6. The first-order valence-electron chi connectivity index (χ1n) is 10.8. The summed E-state index contributed by atoms with van der Waals surface area (Å²) in [6.07, 6.45) is 1.49. The average molecular weight is 540 g/mol. The highest BCUT2D eigenvalue weighted by molar-refractivity contribution is 9.10. The van der Waals surface area contributed by atoms with E-state index in [9.17, 15) is 9.59 Å². The Balaban J connectivity index is 1.66. The van der Waals surface area contributed by atoms with Crippen molar-refractivity contribution >= 4 is 39.6 Å². The number of nitrogens with one attached hydrogen (secondary N) is 2. The molecule has 0 saturated heterocycles. The second-order valence-corrected chi connectivity index (χ2v) is 8.25. The zero-order valence-corrected chi connectivity index (χ0v) is 21.2. The van der Waals surface area contributed by atoms with Gasteiger partial charge in [0, 0.05) is 11.3 Å². The van der Waals surface area contributed by atoms with E-state index >= 15 is 0 Å². The van der Waals surface area contributed by atoms with Crippen LogP contribution in [-0.4, -0.2) is 38.4 Å². The summed E-state index contributed by atoms with van der Waals surface area (Å²) < 4.78 is 17.2. The summed E-state index contributed by atoms with van der Waals surface area (Å²) >= 11 is 3.47. The lowest BCUT2D eigenvalue weighted by molar-refractivity contribution is -0.118. The Morgan fingerprint density at radius 3 is 2.60 bits per heavy atom. The van der Waals surface area contributed by atoms with E-state index in [-0.39, 0.29) is 18.4 Å². The molecule has 2 N–H and O–H groups in total. The molecule has 0 aliphatic carbocycles. The Kier molecular flexibility index (Phi) is 9.25. The molecule has 0 heterocycles. The lowest BCUT2D eigenvalue weighted by atomic mass is 10.2. The van der Waals surface area contributed by atoms with Crippen LogP contribution in [-0.2, 0) is 4.79 Å². The van der Waals surface area contributed by atoms with Gasteiger partial charge in [0.25, 0.3) is 11.8 Å². The Bertz CT molecular complexity index is 1230. The van der Waals surface area contributed by atoms with Gasteiger partial charge in [-0.05, 0) is 83.4 Å². The Morgan fingerprint density at radius 2 is 1.86 bits per heavy atom. The first kappa shape index (κ1) is 25.8. The predicted molar refractivity (Wildman–Crippen MR) is 139 cm³/mol. The number of amides is 2. The largest absolute Gasteiger partial charge is 0.497 e. The molecule has 0 bridgehead atoms. The number of ether oxygens (including phenoxy) is 3. The SMILES string of the molecule is CCOc1cc(/C=N/NC(=O)c2cccc(OC)c2)cc(Br)c1OCC(=O)Nc1cccc(C)c1. The van der Waals surface area contributed by atoms with E-state index in [2.05, 4.69) is 31.8 Å². The fourth-order valence-electron chi connectivity index (χ4n) is 3.12. The van der Waals surface area contributed by atoms with Crippen molar-refractivity contribution in [1.82, 2.24) is 5.43 Å². The number of benzene rings is 3. The number of anilines is 1. The number of hydrogen-bond acceptors (Lipinski definition) is 6. The fourth-order valence-corrected chi connectivity index (χ4v) is 3.69. The third-order valence-corrected chi connectivity index (χ3v) is 5.28. The van der Waals surface area contributed by atoms with E-state index in [1.165, 1.54) is 13.3 Å². The Morgan fingerprint density at radius 1 is 1.06 bits per heavy atom. The van der Waals surface area contributed by atoms with Gasteiger partial charge in [0.2, 0.25) is 0 Å². The molecular weight excluding hydrogens is 514 g/mol. The number of rotatable bonds is 10. The van der Waals surface area contributed by atoms with Crippen LogP contribution in [0.2, 0.25) is 0 Å². The van der Waals surface area contributed by atoms with Crippen molar-refractivity contribution in [3.63, 3.8) is 0 Å². The van der Waals surface area contributed by atoms with Crippen LogP contribution in [0.5, 0.6) is 17.2 Å². The van der Waals surface area contributed by atoms with Crippen LogP contribution in [0.4, 0.5) is 5.69 Å². The molecule has 2 amide bonds. The van der Waals surface area contributed by atoms with Crippen molar-refractivity contribution in [2.24, 2.45) is 5.10 Å². The predicted octanol–water partition coefficient (Wildman–Crippen LogP) is 4.95. The van der Waals surface area contributed by atoms with Gasteiger partial charge in [-0.25, -0.2) is 5.43 Å². The summed E-state index contributed by atoms with van der Waals surface area (Å²) in [5.74, 6) is 0.740. The molecule has 8 nitrogen and oxygen atoms in total. The molecular formula is C26H26BrN3O5. The normalized spacial score (nSPS) is 10.6. The highest BCUT2D eigenvalue weighted by atomic mass is 79.9. The summed E-state index contributed by atoms with van der Waals surface area (Å²) in [6, 6.07) is 17.7. The third kappa shape index (κ3) is 7.58. The van der Waals surface area contributed by atoms with Gasteiger partial charge >= 0.3 is 0 Å². The highest BCUT2D eigenvalue weighted by Crippen LogP contribution is 2.36. The van der Waals surface area contributed by atoms with E-state index in [1.807, 2.05) is 38.1 Å². The summed E-state index contributed by atoms with van der Waals surface area (Å²) in [4.78, 5) is 24.7. The second-order valence-electron chi connectivity index (χ2n) is 7.40. The topological polar surface area (TPSA) is 98.2 Å². The number of carbonyl (C=O) groups excluding carboxylic acids is 2. The average Bonchev–Trinajstić information content (AvgIpc) is 2.83. The number of hydrazone groups is 1. The standard InChI is InChI=1S/C26H26BrN3O5/c1-4-34-23-13-18(15-28-30-26(32)19-8-6-10-21(14-19)33-3)12-22(27)25(23)35-16-24(31)29-20-9-5-7-17(2)11-20/h5-15H,4,16H2,1-3H3,(H,29,31)(H,30,32)/b28-15+. The Hall–Kier alpha value is -3.85. The number of halogens is 1. The smallest absolute Gasteiger partial charge is 0.271 e. The van der Waals surface area contributed by atoms with Crippen molar-refractivity contribution in [1.29, 1.82) is 0 Å². The summed E-state index contributed by atoms with van der Waals surface area (Å²) in [5.41, 5.74) is 5.31. The molecule has 0 aliphatic heterocycles. The van der Waals surface area contributed by atoms with E-state index < -0.39 is 0 Å². The van der Waals surface area contributed by atoms with Crippen LogP contribution in [0.1, 0.15) is 28.4 Å².